The molecule has 9 nitrogen and oxygen atoms in total. The van der Waals surface area contributed by atoms with Gasteiger partial charge in [-0.3, -0.25) is 13.9 Å². The van der Waals surface area contributed by atoms with Gasteiger partial charge in [0.1, 0.15) is 29.9 Å². The highest BCUT2D eigenvalue weighted by Crippen LogP contribution is 2.26. The lowest BCUT2D eigenvalue weighted by molar-refractivity contribution is -0.140. The van der Waals surface area contributed by atoms with Crippen LogP contribution in [0.3, 0.4) is 0 Å². The third-order valence-corrected chi connectivity index (χ3v) is 8.16. The standard InChI is InChI=1S/C30H36FN3O6S/c1-6-28(30(36)32-21(2)3)33(19-22-7-13-25(39-4)14-8-22)29(35)20-34(24-11-9-23(31)10-12-24)41(37,38)27-17-15-26(40-5)16-18-27/h7-18,21,28H,6,19-20H2,1-5H3,(H,32,36)/t28-/m0/s1. The van der Waals surface area contributed by atoms with E-state index in [1.807, 2.05) is 13.8 Å². The van der Waals surface area contributed by atoms with Crippen LogP contribution in [-0.4, -0.2) is 58.0 Å². The van der Waals surface area contributed by atoms with Crippen LogP contribution in [0.4, 0.5) is 10.1 Å². The number of nitrogens with one attached hydrogen (secondary N) is 1. The SMILES string of the molecule is CC[C@@H](C(=O)NC(C)C)N(Cc1ccc(OC)cc1)C(=O)CN(c1ccc(F)cc1)S(=O)(=O)c1ccc(OC)cc1. The van der Waals surface area contributed by atoms with Crippen LogP contribution < -0.4 is 19.1 Å². The number of hydrogen-bond donors (Lipinski definition) is 1. The highest BCUT2D eigenvalue weighted by atomic mass is 32.2. The maximum Gasteiger partial charge on any atom is 0.264 e. The summed E-state index contributed by atoms with van der Waals surface area (Å²) in [6.45, 7) is 4.84. The molecule has 1 atom stereocenters. The molecule has 41 heavy (non-hydrogen) atoms. The molecule has 0 aliphatic heterocycles. The molecule has 0 unspecified atom stereocenters. The highest BCUT2D eigenvalue weighted by Gasteiger charge is 2.34. The first kappa shape index (κ1) is 31.4. The normalized spacial score (nSPS) is 12.0. The molecule has 0 heterocycles. The first-order valence-electron chi connectivity index (χ1n) is 13.1. The summed E-state index contributed by atoms with van der Waals surface area (Å²) in [5.41, 5.74) is 0.820. The molecule has 0 saturated heterocycles. The second kappa shape index (κ2) is 14.0. The Morgan fingerprint density at radius 2 is 1.41 bits per heavy atom. The molecule has 0 bridgehead atoms. The van der Waals surface area contributed by atoms with Crippen LogP contribution in [0.2, 0.25) is 0 Å². The van der Waals surface area contributed by atoms with Crippen LogP contribution >= 0.6 is 0 Å². The topological polar surface area (TPSA) is 105 Å². The third-order valence-electron chi connectivity index (χ3n) is 6.37. The summed E-state index contributed by atoms with van der Waals surface area (Å²) in [5.74, 6) is -0.423. The predicted molar refractivity (Wildman–Crippen MR) is 155 cm³/mol. The largest absolute Gasteiger partial charge is 0.497 e. The zero-order chi connectivity index (χ0) is 30.2. The van der Waals surface area contributed by atoms with Gasteiger partial charge in [0.15, 0.2) is 0 Å². The van der Waals surface area contributed by atoms with E-state index in [2.05, 4.69) is 5.32 Å². The Morgan fingerprint density at radius 1 is 0.878 bits per heavy atom. The molecule has 3 rings (SSSR count). The average molecular weight is 586 g/mol. The molecular formula is C30H36FN3O6S. The molecule has 0 aromatic heterocycles. The van der Waals surface area contributed by atoms with Gasteiger partial charge in [-0.2, -0.15) is 0 Å². The number of hydrogen-bond acceptors (Lipinski definition) is 6. The van der Waals surface area contributed by atoms with Gasteiger partial charge in [-0.1, -0.05) is 19.1 Å². The van der Waals surface area contributed by atoms with Crippen molar-refractivity contribution in [2.75, 3.05) is 25.1 Å². The van der Waals surface area contributed by atoms with Crippen LogP contribution in [0.1, 0.15) is 32.8 Å². The molecular weight excluding hydrogens is 549 g/mol. The zero-order valence-electron chi connectivity index (χ0n) is 23.8. The van der Waals surface area contributed by atoms with Gasteiger partial charge in [-0.05, 0) is 86.5 Å². The van der Waals surface area contributed by atoms with Crippen LogP contribution in [0.25, 0.3) is 0 Å². The molecule has 220 valence electrons. The second-order valence-electron chi connectivity index (χ2n) is 9.62. The Balaban J connectivity index is 2.05. The van der Waals surface area contributed by atoms with E-state index in [9.17, 15) is 22.4 Å². The maximum absolute atomic E-state index is 14.0. The number of anilines is 1. The van der Waals surface area contributed by atoms with E-state index in [-0.39, 0.29) is 29.1 Å². The zero-order valence-corrected chi connectivity index (χ0v) is 24.7. The van der Waals surface area contributed by atoms with Crippen molar-refractivity contribution in [3.05, 3.63) is 84.2 Å². The molecule has 0 radical (unpaired) electrons. The molecule has 0 aliphatic carbocycles. The lowest BCUT2D eigenvalue weighted by atomic mass is 10.1. The van der Waals surface area contributed by atoms with Gasteiger partial charge in [0, 0.05) is 12.6 Å². The van der Waals surface area contributed by atoms with Gasteiger partial charge in [0.2, 0.25) is 11.8 Å². The van der Waals surface area contributed by atoms with E-state index in [4.69, 9.17) is 9.47 Å². The number of benzene rings is 3. The minimum atomic E-state index is -4.28. The van der Waals surface area contributed by atoms with E-state index >= 15 is 0 Å². The molecule has 1 N–H and O–H groups in total. The number of methoxy groups -OCH3 is 2. The van der Waals surface area contributed by atoms with Gasteiger partial charge in [0.25, 0.3) is 10.0 Å². The van der Waals surface area contributed by atoms with Crippen LogP contribution in [0.5, 0.6) is 11.5 Å². The Morgan fingerprint density at radius 3 is 1.90 bits per heavy atom. The number of ether oxygens (including phenoxy) is 2. The van der Waals surface area contributed by atoms with Crippen molar-refractivity contribution in [2.24, 2.45) is 0 Å². The fraction of sp³-hybridized carbons (Fsp3) is 0.333. The minimum Gasteiger partial charge on any atom is -0.497 e. The van der Waals surface area contributed by atoms with Crippen molar-refractivity contribution in [1.29, 1.82) is 0 Å². The van der Waals surface area contributed by atoms with Crippen molar-refractivity contribution in [3.8, 4) is 11.5 Å². The van der Waals surface area contributed by atoms with Crippen LogP contribution in [0, 0.1) is 5.82 Å². The number of halogens is 1. The summed E-state index contributed by atoms with van der Waals surface area (Å²) in [6.07, 6.45) is 0.294. The van der Waals surface area contributed by atoms with Crippen LogP contribution in [-0.2, 0) is 26.2 Å². The first-order valence-corrected chi connectivity index (χ1v) is 14.6. The van der Waals surface area contributed by atoms with Gasteiger partial charge in [-0.25, -0.2) is 12.8 Å². The number of sulfonamides is 1. The monoisotopic (exact) mass is 585 g/mol. The van der Waals surface area contributed by atoms with Crippen molar-refractivity contribution >= 4 is 27.5 Å². The summed E-state index contributed by atoms with van der Waals surface area (Å²) in [5, 5.41) is 2.85. The predicted octanol–water partition coefficient (Wildman–Crippen LogP) is 4.37. The van der Waals surface area contributed by atoms with Crippen molar-refractivity contribution in [1.82, 2.24) is 10.2 Å². The molecule has 0 fully saturated rings. The van der Waals surface area contributed by atoms with Gasteiger partial charge < -0.3 is 19.7 Å². The van der Waals surface area contributed by atoms with Gasteiger partial charge >= 0.3 is 0 Å². The van der Waals surface area contributed by atoms with Crippen molar-refractivity contribution in [3.63, 3.8) is 0 Å². The molecule has 11 heteroatoms. The second-order valence-corrected chi connectivity index (χ2v) is 11.5. The molecule has 3 aromatic carbocycles. The molecule has 0 saturated carbocycles. The number of carbonyl (C=O) groups is 2. The number of nitrogens with zero attached hydrogens (tertiary/aromatic N) is 2. The summed E-state index contributed by atoms with van der Waals surface area (Å²) in [4.78, 5) is 28.5. The molecule has 0 aliphatic rings. The van der Waals surface area contributed by atoms with Crippen LogP contribution in [0.15, 0.2) is 77.7 Å². The number of carbonyl (C=O) groups excluding carboxylic acids is 2. The number of rotatable bonds is 13. The minimum absolute atomic E-state index is 0.0483. The van der Waals surface area contributed by atoms with E-state index in [1.54, 1.807) is 38.3 Å². The smallest absolute Gasteiger partial charge is 0.264 e. The first-order chi connectivity index (χ1) is 19.5. The van der Waals surface area contributed by atoms with Crippen molar-refractivity contribution in [2.45, 2.75) is 50.7 Å². The average Bonchev–Trinajstić information content (AvgIpc) is 2.96. The fourth-order valence-corrected chi connectivity index (χ4v) is 5.65. The highest BCUT2D eigenvalue weighted by molar-refractivity contribution is 7.92. The fourth-order valence-electron chi connectivity index (χ4n) is 4.24. The Labute approximate surface area is 240 Å². The lowest BCUT2D eigenvalue weighted by Gasteiger charge is -2.33. The summed E-state index contributed by atoms with van der Waals surface area (Å²) < 4.78 is 52.8. The molecule has 2 amide bonds. The van der Waals surface area contributed by atoms with E-state index in [1.165, 1.54) is 48.4 Å². The van der Waals surface area contributed by atoms with E-state index in [0.717, 1.165) is 22.0 Å². The molecule has 0 spiro atoms. The lowest BCUT2D eigenvalue weighted by Crippen LogP contribution is -2.53. The van der Waals surface area contributed by atoms with Gasteiger partial charge in [-0.15, -0.1) is 0 Å². The summed E-state index contributed by atoms with van der Waals surface area (Å²) in [6, 6.07) is 16.6. The van der Waals surface area contributed by atoms with E-state index in [0.29, 0.717) is 17.9 Å². The molecule has 3 aromatic rings. The Bertz CT molecular complexity index is 1410. The van der Waals surface area contributed by atoms with Crippen molar-refractivity contribution < 1.29 is 31.9 Å². The maximum atomic E-state index is 14.0. The summed E-state index contributed by atoms with van der Waals surface area (Å²) in [7, 11) is -1.28. The Kier molecular flexibility index (Phi) is 10.7. The quantitative estimate of drug-likeness (QED) is 0.320. The third kappa shape index (κ3) is 7.97. The summed E-state index contributed by atoms with van der Waals surface area (Å²) >= 11 is 0. The van der Waals surface area contributed by atoms with E-state index < -0.39 is 34.3 Å². The number of amides is 2. The Hall–Kier alpha value is -4.12. The van der Waals surface area contributed by atoms with Gasteiger partial charge in [0.05, 0.1) is 24.8 Å².